The third-order valence-electron chi connectivity index (χ3n) is 4.60. The van der Waals surface area contributed by atoms with Gasteiger partial charge in [0.15, 0.2) is 0 Å². The first kappa shape index (κ1) is 16.2. The highest BCUT2D eigenvalue weighted by molar-refractivity contribution is 6.06. The van der Waals surface area contributed by atoms with Gasteiger partial charge in [0.25, 0.3) is 5.91 Å². The standard InChI is InChI=1S/C17H17FN2O4/c1-9-11(17(23)24)3-2-6-20(9)16(22)13-8-15(21)19-14-5-4-10(18)7-12(13)14/h4-5,7-9,11H,2-3,6H2,1H3,(H,19,21)(H,23,24)/t9-,11-/m1/s1. The van der Waals surface area contributed by atoms with Gasteiger partial charge in [-0.15, -0.1) is 0 Å². The van der Waals surface area contributed by atoms with Gasteiger partial charge in [0.1, 0.15) is 5.82 Å². The van der Waals surface area contributed by atoms with Crippen LogP contribution in [-0.4, -0.2) is 39.5 Å². The predicted octanol–water partition coefficient (Wildman–Crippen LogP) is 1.99. The maximum absolute atomic E-state index is 13.6. The molecule has 1 fully saturated rings. The normalized spacial score (nSPS) is 21.0. The third kappa shape index (κ3) is 2.77. The minimum atomic E-state index is -0.943. The van der Waals surface area contributed by atoms with Gasteiger partial charge in [0.2, 0.25) is 5.56 Å². The highest BCUT2D eigenvalue weighted by atomic mass is 19.1. The number of carbonyl (C=O) groups is 2. The van der Waals surface area contributed by atoms with Gasteiger partial charge in [0, 0.05) is 29.6 Å². The molecule has 7 heteroatoms. The molecule has 2 N–H and O–H groups in total. The molecule has 0 aliphatic carbocycles. The number of aromatic amines is 1. The number of aromatic nitrogens is 1. The summed E-state index contributed by atoms with van der Waals surface area (Å²) in [6.07, 6.45) is 1.08. The van der Waals surface area contributed by atoms with Crippen molar-refractivity contribution in [2.24, 2.45) is 5.92 Å². The number of pyridine rings is 1. The maximum atomic E-state index is 13.6. The quantitative estimate of drug-likeness (QED) is 0.880. The average Bonchev–Trinajstić information content (AvgIpc) is 2.54. The van der Waals surface area contributed by atoms with Gasteiger partial charge < -0.3 is 15.0 Å². The van der Waals surface area contributed by atoms with Crippen LogP contribution in [0.4, 0.5) is 4.39 Å². The SMILES string of the molecule is C[C@@H]1[C@H](C(=O)O)CCCN1C(=O)c1cc(=O)[nH]c2ccc(F)cc12. The molecule has 2 heterocycles. The fourth-order valence-corrected chi connectivity index (χ4v) is 3.32. The Hall–Kier alpha value is -2.70. The number of fused-ring (bicyclic) bond motifs is 1. The van der Waals surface area contributed by atoms with Gasteiger partial charge in [-0.25, -0.2) is 4.39 Å². The van der Waals surface area contributed by atoms with Crippen molar-refractivity contribution in [3.8, 4) is 0 Å². The second-order valence-corrected chi connectivity index (χ2v) is 6.06. The first-order valence-corrected chi connectivity index (χ1v) is 7.75. The van der Waals surface area contributed by atoms with Crippen molar-refractivity contribution in [1.82, 2.24) is 9.88 Å². The molecule has 0 spiro atoms. The lowest BCUT2D eigenvalue weighted by molar-refractivity contribution is -0.144. The van der Waals surface area contributed by atoms with Crippen molar-refractivity contribution >= 4 is 22.8 Å². The Balaban J connectivity index is 2.06. The molecule has 0 radical (unpaired) electrons. The van der Waals surface area contributed by atoms with E-state index in [1.54, 1.807) is 6.92 Å². The number of halogens is 1. The van der Waals surface area contributed by atoms with E-state index >= 15 is 0 Å². The first-order chi connectivity index (χ1) is 11.4. The zero-order valence-electron chi connectivity index (χ0n) is 13.1. The maximum Gasteiger partial charge on any atom is 0.308 e. The summed E-state index contributed by atoms with van der Waals surface area (Å²) in [5, 5.41) is 9.60. The van der Waals surface area contributed by atoms with E-state index in [9.17, 15) is 23.9 Å². The molecule has 3 rings (SSSR count). The number of likely N-dealkylation sites (tertiary alicyclic amines) is 1. The summed E-state index contributed by atoms with van der Waals surface area (Å²) in [6.45, 7) is 2.10. The number of H-pyrrole nitrogens is 1. The number of benzene rings is 1. The van der Waals surface area contributed by atoms with Crippen molar-refractivity contribution in [3.63, 3.8) is 0 Å². The molecule has 1 saturated heterocycles. The van der Waals surface area contributed by atoms with Crippen LogP contribution in [0.15, 0.2) is 29.1 Å². The van der Waals surface area contributed by atoms with Crippen LogP contribution in [-0.2, 0) is 4.79 Å². The minimum Gasteiger partial charge on any atom is -0.481 e. The number of nitrogens with zero attached hydrogens (tertiary/aromatic N) is 1. The zero-order valence-corrected chi connectivity index (χ0v) is 13.1. The van der Waals surface area contributed by atoms with Gasteiger partial charge in [-0.05, 0) is 38.0 Å². The van der Waals surface area contributed by atoms with Crippen molar-refractivity contribution < 1.29 is 19.1 Å². The van der Waals surface area contributed by atoms with Crippen molar-refractivity contribution in [3.05, 3.63) is 46.0 Å². The van der Waals surface area contributed by atoms with Crippen molar-refractivity contribution in [1.29, 1.82) is 0 Å². The molecule has 0 unspecified atom stereocenters. The smallest absolute Gasteiger partial charge is 0.308 e. The number of amides is 1. The number of nitrogens with one attached hydrogen (secondary N) is 1. The van der Waals surface area contributed by atoms with Crippen LogP contribution in [0.5, 0.6) is 0 Å². The molecule has 1 amide bonds. The molecule has 0 saturated carbocycles. The number of hydrogen-bond acceptors (Lipinski definition) is 3. The van der Waals surface area contributed by atoms with E-state index in [1.165, 1.54) is 23.1 Å². The third-order valence-corrected chi connectivity index (χ3v) is 4.60. The fourth-order valence-electron chi connectivity index (χ4n) is 3.32. The molecule has 2 aromatic rings. The summed E-state index contributed by atoms with van der Waals surface area (Å²) in [6, 6.07) is 4.45. The molecule has 6 nitrogen and oxygen atoms in total. The molecule has 1 aromatic heterocycles. The second-order valence-electron chi connectivity index (χ2n) is 6.06. The lowest BCUT2D eigenvalue weighted by Crippen LogP contribution is -2.49. The summed E-state index contributed by atoms with van der Waals surface area (Å²) >= 11 is 0. The molecular weight excluding hydrogens is 315 g/mol. The summed E-state index contributed by atoms with van der Waals surface area (Å²) in [5.74, 6) is -2.55. The summed E-state index contributed by atoms with van der Waals surface area (Å²) in [7, 11) is 0. The van der Waals surface area contributed by atoms with Crippen LogP contribution < -0.4 is 5.56 Å². The van der Waals surface area contributed by atoms with E-state index in [4.69, 9.17) is 0 Å². The highest BCUT2D eigenvalue weighted by Gasteiger charge is 2.36. The van der Waals surface area contributed by atoms with Gasteiger partial charge in [-0.2, -0.15) is 0 Å². The monoisotopic (exact) mass is 332 g/mol. The van der Waals surface area contributed by atoms with E-state index in [0.717, 1.165) is 6.07 Å². The Labute approximate surface area is 136 Å². The average molecular weight is 332 g/mol. The zero-order chi connectivity index (χ0) is 17.4. The number of aliphatic carboxylic acids is 1. The Kier molecular flexibility index (Phi) is 4.09. The Morgan fingerprint density at radius 1 is 1.33 bits per heavy atom. The van der Waals surface area contributed by atoms with Crippen LogP contribution in [0.25, 0.3) is 10.9 Å². The molecule has 0 bridgehead atoms. The first-order valence-electron chi connectivity index (χ1n) is 7.75. The molecule has 2 atom stereocenters. The van der Waals surface area contributed by atoms with Gasteiger partial charge in [-0.1, -0.05) is 0 Å². The van der Waals surface area contributed by atoms with E-state index in [1.807, 2.05) is 0 Å². The van der Waals surface area contributed by atoms with E-state index in [2.05, 4.69) is 4.98 Å². The second kappa shape index (κ2) is 6.07. The van der Waals surface area contributed by atoms with Gasteiger partial charge >= 0.3 is 5.97 Å². The van der Waals surface area contributed by atoms with Crippen LogP contribution in [0.2, 0.25) is 0 Å². The number of carbonyl (C=O) groups excluding carboxylic acids is 1. The number of hydrogen-bond donors (Lipinski definition) is 2. The topological polar surface area (TPSA) is 90.5 Å². The summed E-state index contributed by atoms with van der Waals surface area (Å²) < 4.78 is 13.6. The minimum absolute atomic E-state index is 0.0890. The number of carboxylic acid groups (broad SMARTS) is 1. The molecule has 126 valence electrons. The van der Waals surface area contributed by atoms with Gasteiger partial charge in [0.05, 0.1) is 11.5 Å². The largest absolute Gasteiger partial charge is 0.481 e. The summed E-state index contributed by atoms with van der Waals surface area (Å²) in [4.78, 5) is 40.1. The van der Waals surface area contributed by atoms with Gasteiger partial charge in [-0.3, -0.25) is 14.4 Å². The van der Waals surface area contributed by atoms with Crippen LogP contribution in [0, 0.1) is 11.7 Å². The summed E-state index contributed by atoms with van der Waals surface area (Å²) in [5.41, 5.74) is -0.00487. The molecular formula is C17H17FN2O4. The van der Waals surface area contributed by atoms with Crippen LogP contribution in [0.3, 0.4) is 0 Å². The number of rotatable bonds is 2. The van der Waals surface area contributed by atoms with Crippen LogP contribution in [0.1, 0.15) is 30.1 Å². The Morgan fingerprint density at radius 2 is 2.08 bits per heavy atom. The van der Waals surface area contributed by atoms with Crippen molar-refractivity contribution in [2.75, 3.05) is 6.54 Å². The highest BCUT2D eigenvalue weighted by Crippen LogP contribution is 2.27. The Morgan fingerprint density at radius 3 is 2.79 bits per heavy atom. The Bertz CT molecular complexity index is 877. The lowest BCUT2D eigenvalue weighted by Gasteiger charge is -2.37. The molecule has 1 aliphatic rings. The number of piperidine rings is 1. The van der Waals surface area contributed by atoms with E-state index < -0.39 is 35.2 Å². The lowest BCUT2D eigenvalue weighted by atomic mass is 9.89. The number of carboxylic acids is 1. The predicted molar refractivity (Wildman–Crippen MR) is 85.4 cm³/mol. The fraction of sp³-hybridized carbons (Fsp3) is 0.353. The van der Waals surface area contributed by atoms with E-state index in [-0.39, 0.29) is 5.56 Å². The van der Waals surface area contributed by atoms with Crippen molar-refractivity contribution in [2.45, 2.75) is 25.8 Å². The van der Waals surface area contributed by atoms with Crippen LogP contribution >= 0.6 is 0 Å². The molecule has 24 heavy (non-hydrogen) atoms. The molecule has 1 aliphatic heterocycles. The molecule has 1 aromatic carbocycles. The van der Waals surface area contributed by atoms with E-state index in [0.29, 0.717) is 30.3 Å².